The van der Waals surface area contributed by atoms with Gasteiger partial charge in [-0.2, -0.15) is 10.2 Å². The van der Waals surface area contributed by atoms with E-state index in [2.05, 4.69) is 26.3 Å². The molecule has 0 radical (unpaired) electrons. The molecule has 0 bridgehead atoms. The maximum Gasteiger partial charge on any atom is 0.280 e. The van der Waals surface area contributed by atoms with Gasteiger partial charge in [-0.1, -0.05) is 68.4 Å². The highest BCUT2D eigenvalue weighted by Crippen LogP contribution is 2.48. The van der Waals surface area contributed by atoms with Crippen LogP contribution in [0.5, 0.6) is 11.5 Å². The van der Waals surface area contributed by atoms with Crippen molar-refractivity contribution in [3.8, 4) is 17.6 Å². The SMILES string of the molecule is COc1ccc(C(OC2C(CO)C(COP(C)OCCC#N)OC2n2cnc3c(=O)[nH]c(NC(=O)C(C)C)nc32)(c2ccccc2)c2ccc(OC)cc2)cc1. The zero-order valence-electron chi connectivity index (χ0n) is 31.7. The van der Waals surface area contributed by atoms with E-state index in [9.17, 15) is 14.7 Å². The lowest BCUT2D eigenvalue weighted by Crippen LogP contribution is -2.43. The van der Waals surface area contributed by atoms with Crippen LogP contribution in [0.4, 0.5) is 5.95 Å². The van der Waals surface area contributed by atoms with Crippen LogP contribution < -0.4 is 20.3 Å². The molecule has 294 valence electrons. The van der Waals surface area contributed by atoms with E-state index in [4.69, 9.17) is 33.3 Å². The van der Waals surface area contributed by atoms with Crippen LogP contribution in [-0.4, -0.2) is 83.4 Å². The molecule has 1 saturated heterocycles. The van der Waals surface area contributed by atoms with Gasteiger partial charge in [-0.25, -0.2) is 4.98 Å². The van der Waals surface area contributed by atoms with Crippen LogP contribution in [0.3, 0.4) is 0 Å². The average Bonchev–Trinajstić information content (AvgIpc) is 3.80. The highest BCUT2D eigenvalue weighted by Gasteiger charge is 2.52. The lowest BCUT2D eigenvalue weighted by molar-refractivity contribution is -0.119. The average molecular weight is 785 g/mol. The van der Waals surface area contributed by atoms with Crippen LogP contribution in [0, 0.1) is 23.2 Å². The first-order valence-electron chi connectivity index (χ1n) is 18.1. The lowest BCUT2D eigenvalue weighted by Gasteiger charge is -2.40. The van der Waals surface area contributed by atoms with Crippen molar-refractivity contribution in [2.24, 2.45) is 11.8 Å². The van der Waals surface area contributed by atoms with Gasteiger partial charge in [0.2, 0.25) is 11.9 Å². The smallest absolute Gasteiger partial charge is 0.280 e. The summed E-state index contributed by atoms with van der Waals surface area (Å²) in [6.07, 6.45) is -1.09. The van der Waals surface area contributed by atoms with E-state index in [1.165, 1.54) is 6.33 Å². The molecule has 0 spiro atoms. The molecule has 0 saturated carbocycles. The second-order valence-electron chi connectivity index (χ2n) is 13.4. The van der Waals surface area contributed by atoms with E-state index in [0.717, 1.165) is 16.7 Å². The highest BCUT2D eigenvalue weighted by atomic mass is 31.2. The first-order valence-corrected chi connectivity index (χ1v) is 19.7. The number of hydrogen-bond donors (Lipinski definition) is 3. The number of nitrogens with one attached hydrogen (secondary N) is 2. The van der Waals surface area contributed by atoms with Crippen molar-refractivity contribution in [2.75, 3.05) is 46.0 Å². The minimum atomic E-state index is -1.40. The van der Waals surface area contributed by atoms with Crippen molar-refractivity contribution < 1.29 is 37.9 Å². The minimum absolute atomic E-state index is 0.0100. The van der Waals surface area contributed by atoms with Crippen LogP contribution in [0.2, 0.25) is 0 Å². The van der Waals surface area contributed by atoms with Gasteiger partial charge in [0.05, 0.1) is 59.0 Å². The number of aliphatic hydroxyl groups is 1. The van der Waals surface area contributed by atoms with Gasteiger partial charge in [-0.05, 0) is 41.0 Å². The summed E-state index contributed by atoms with van der Waals surface area (Å²) in [5.41, 5.74) is 0.512. The highest BCUT2D eigenvalue weighted by molar-refractivity contribution is 7.46. The van der Waals surface area contributed by atoms with Crippen molar-refractivity contribution in [1.82, 2.24) is 19.5 Å². The first kappa shape index (κ1) is 40.5. The van der Waals surface area contributed by atoms with Crippen molar-refractivity contribution in [3.63, 3.8) is 0 Å². The zero-order valence-corrected chi connectivity index (χ0v) is 32.6. The molecule has 5 aromatic rings. The number of imidazole rings is 1. The Morgan fingerprint density at radius 3 is 2.21 bits per heavy atom. The molecule has 0 aliphatic carbocycles. The van der Waals surface area contributed by atoms with Crippen LogP contribution in [0.25, 0.3) is 11.2 Å². The van der Waals surface area contributed by atoms with Gasteiger partial charge < -0.3 is 33.1 Å². The monoisotopic (exact) mass is 784 g/mol. The largest absolute Gasteiger partial charge is 0.497 e. The molecule has 1 aliphatic heterocycles. The molecule has 2 aromatic heterocycles. The number of aromatic nitrogens is 4. The molecule has 16 heteroatoms. The first-order chi connectivity index (χ1) is 27.1. The zero-order chi connectivity index (χ0) is 39.8. The van der Waals surface area contributed by atoms with Gasteiger partial charge in [-0.15, -0.1) is 0 Å². The molecule has 1 fully saturated rings. The summed E-state index contributed by atoms with van der Waals surface area (Å²) in [5.74, 6) is -0.188. The van der Waals surface area contributed by atoms with Gasteiger partial charge in [0, 0.05) is 18.5 Å². The molecular formula is C40H45N6O9P. The van der Waals surface area contributed by atoms with Crippen molar-refractivity contribution in [1.29, 1.82) is 5.26 Å². The Bertz CT molecular complexity index is 2130. The number of fused-ring (bicyclic) bond motifs is 1. The number of carbonyl (C=O) groups is 1. The second kappa shape index (κ2) is 18.2. The molecule has 5 unspecified atom stereocenters. The van der Waals surface area contributed by atoms with E-state index < -0.39 is 43.9 Å². The molecular weight excluding hydrogens is 739 g/mol. The summed E-state index contributed by atoms with van der Waals surface area (Å²) < 4.78 is 38.8. The third-order valence-corrected chi connectivity index (χ3v) is 10.6. The Hall–Kier alpha value is -5.20. The van der Waals surface area contributed by atoms with Crippen molar-refractivity contribution >= 4 is 31.4 Å². The molecule has 56 heavy (non-hydrogen) atoms. The molecule has 3 heterocycles. The number of ether oxygens (including phenoxy) is 4. The summed E-state index contributed by atoms with van der Waals surface area (Å²) >= 11 is 0. The number of H-pyrrole nitrogens is 1. The third kappa shape index (κ3) is 8.46. The summed E-state index contributed by atoms with van der Waals surface area (Å²) in [6.45, 7) is 5.07. The van der Waals surface area contributed by atoms with E-state index in [0.29, 0.717) is 11.5 Å². The molecule has 3 N–H and O–H groups in total. The second-order valence-corrected chi connectivity index (χ2v) is 14.8. The van der Waals surface area contributed by atoms with Gasteiger partial charge >= 0.3 is 0 Å². The third-order valence-electron chi connectivity index (χ3n) is 9.57. The summed E-state index contributed by atoms with van der Waals surface area (Å²) in [5, 5.41) is 22.8. The van der Waals surface area contributed by atoms with E-state index in [1.807, 2.05) is 78.9 Å². The van der Waals surface area contributed by atoms with Gasteiger partial charge in [-0.3, -0.25) is 24.5 Å². The normalized spacial score (nSPS) is 18.8. The van der Waals surface area contributed by atoms with Gasteiger partial charge in [0.1, 0.15) is 23.2 Å². The topological polar surface area (TPSA) is 192 Å². The number of aromatic amines is 1. The van der Waals surface area contributed by atoms with E-state index in [1.54, 1.807) is 39.3 Å². The van der Waals surface area contributed by atoms with Crippen LogP contribution >= 0.6 is 8.38 Å². The minimum Gasteiger partial charge on any atom is -0.497 e. The predicted octanol–water partition coefficient (Wildman–Crippen LogP) is 5.50. The molecule has 15 nitrogen and oxygen atoms in total. The Morgan fingerprint density at radius 2 is 1.64 bits per heavy atom. The van der Waals surface area contributed by atoms with Crippen LogP contribution in [0.15, 0.2) is 90.0 Å². The summed E-state index contributed by atoms with van der Waals surface area (Å²) in [6, 6.07) is 26.9. The summed E-state index contributed by atoms with van der Waals surface area (Å²) in [4.78, 5) is 37.6. The van der Waals surface area contributed by atoms with Crippen molar-refractivity contribution in [2.45, 2.75) is 44.3 Å². The fourth-order valence-electron chi connectivity index (χ4n) is 6.63. The molecule has 1 amide bonds. The lowest BCUT2D eigenvalue weighted by atomic mass is 9.79. The van der Waals surface area contributed by atoms with E-state index >= 15 is 0 Å². The van der Waals surface area contributed by atoms with E-state index in [-0.39, 0.29) is 55.2 Å². The number of aliphatic hydroxyl groups excluding tert-OH is 1. The molecule has 5 atom stereocenters. The predicted molar refractivity (Wildman–Crippen MR) is 208 cm³/mol. The van der Waals surface area contributed by atoms with Gasteiger partial charge in [0.25, 0.3) is 5.56 Å². The Balaban J connectivity index is 1.53. The van der Waals surface area contributed by atoms with Crippen molar-refractivity contribution in [3.05, 3.63) is 112 Å². The standard InChI is InChI=1S/C40H45N6O9P/c1-25(2)36(48)44-39-43-35-33(37(49)45-39)42-24-46(35)38-34(31(22-47)32(54-38)23-53-56(5)52-21-9-20-41)55-40(26-10-7-6-8-11-26,27-12-16-29(50-3)17-13-27)28-14-18-30(51-4)19-15-28/h6-8,10-19,24-25,31-32,34,38,47H,9,21-23H2,1-5H3,(H2,43,44,45,48,49). The Labute approximate surface area is 325 Å². The maximum atomic E-state index is 13.3. The number of nitrogens with zero attached hydrogens (tertiary/aromatic N) is 4. The number of benzene rings is 3. The number of anilines is 1. The number of hydrogen-bond acceptors (Lipinski definition) is 12. The number of rotatable bonds is 17. The fraction of sp³-hybridized carbons (Fsp3) is 0.375. The van der Waals surface area contributed by atoms with Gasteiger partial charge in [0.15, 0.2) is 25.8 Å². The maximum absolute atomic E-state index is 13.3. The Kier molecular flexibility index (Phi) is 13.1. The Morgan fingerprint density at radius 1 is 1.02 bits per heavy atom. The van der Waals surface area contributed by atoms with Crippen LogP contribution in [0.1, 0.15) is 43.2 Å². The fourth-order valence-corrected chi connectivity index (χ4v) is 7.41. The quantitative estimate of drug-likeness (QED) is 0.0610. The molecule has 3 aromatic carbocycles. The number of amides is 1. The molecule has 1 aliphatic rings. The van der Waals surface area contributed by atoms with Crippen LogP contribution in [-0.2, 0) is 28.9 Å². The number of nitriles is 1. The number of methoxy groups -OCH3 is 2. The number of carbonyl (C=O) groups excluding carboxylic acids is 1. The summed E-state index contributed by atoms with van der Waals surface area (Å²) in [7, 11) is 1.80. The molecule has 6 rings (SSSR count).